The van der Waals surface area contributed by atoms with Crippen LogP contribution in [0.25, 0.3) is 0 Å². The van der Waals surface area contributed by atoms with Gasteiger partial charge in [0, 0.05) is 24.7 Å². The number of benzene rings is 1. The van der Waals surface area contributed by atoms with E-state index in [9.17, 15) is 18.0 Å². The number of hydrogen-bond donors (Lipinski definition) is 2. The molecular weight excluding hydrogens is 380 g/mol. The van der Waals surface area contributed by atoms with Crippen LogP contribution in [0, 0.1) is 5.92 Å². The van der Waals surface area contributed by atoms with Crippen molar-refractivity contribution in [2.45, 2.75) is 37.0 Å². The SMILES string of the molecule is NS(=O)(=O)c1ccc(NC(=O)C2CCN(CC(=O)N3CCCCC3)CC2)cc1. The third-order valence-electron chi connectivity index (χ3n) is 5.48. The molecule has 2 aliphatic heterocycles. The van der Waals surface area contributed by atoms with Crippen LogP contribution in [0.4, 0.5) is 5.69 Å². The van der Waals surface area contributed by atoms with Crippen LogP contribution in [-0.4, -0.2) is 62.8 Å². The van der Waals surface area contributed by atoms with Gasteiger partial charge in [-0.3, -0.25) is 14.5 Å². The molecule has 9 heteroatoms. The van der Waals surface area contributed by atoms with Crippen LogP contribution in [0.3, 0.4) is 0 Å². The van der Waals surface area contributed by atoms with Crippen LogP contribution >= 0.6 is 0 Å². The fraction of sp³-hybridized carbons (Fsp3) is 0.579. The molecule has 3 rings (SSSR count). The molecule has 0 aliphatic carbocycles. The maximum absolute atomic E-state index is 12.5. The van der Waals surface area contributed by atoms with Gasteiger partial charge in [-0.2, -0.15) is 0 Å². The van der Waals surface area contributed by atoms with Crippen LogP contribution in [0.1, 0.15) is 32.1 Å². The third-order valence-corrected chi connectivity index (χ3v) is 6.41. The minimum absolute atomic E-state index is 0.0113. The Bertz CT molecular complexity index is 796. The van der Waals surface area contributed by atoms with Crippen molar-refractivity contribution >= 4 is 27.5 Å². The number of amides is 2. The highest BCUT2D eigenvalue weighted by atomic mass is 32.2. The normalized spacial score (nSPS) is 19.4. The lowest BCUT2D eigenvalue weighted by molar-refractivity contribution is -0.133. The topological polar surface area (TPSA) is 113 Å². The van der Waals surface area contributed by atoms with E-state index in [-0.39, 0.29) is 22.6 Å². The van der Waals surface area contributed by atoms with Crippen molar-refractivity contribution in [3.05, 3.63) is 24.3 Å². The molecule has 0 saturated carbocycles. The number of piperidine rings is 2. The van der Waals surface area contributed by atoms with Crippen LogP contribution in [-0.2, 0) is 19.6 Å². The molecular formula is C19H28N4O4S. The molecule has 0 aromatic heterocycles. The van der Waals surface area contributed by atoms with Gasteiger partial charge in [-0.25, -0.2) is 13.6 Å². The molecule has 8 nitrogen and oxygen atoms in total. The van der Waals surface area contributed by atoms with Gasteiger partial charge in [0.1, 0.15) is 0 Å². The molecule has 154 valence electrons. The summed E-state index contributed by atoms with van der Waals surface area (Å²) in [6.45, 7) is 3.61. The molecule has 1 aromatic carbocycles. The first kappa shape index (κ1) is 20.8. The minimum atomic E-state index is -3.74. The number of carbonyl (C=O) groups excluding carboxylic acids is 2. The van der Waals surface area contributed by atoms with E-state index in [1.807, 2.05) is 4.90 Å². The number of anilines is 1. The van der Waals surface area contributed by atoms with E-state index in [4.69, 9.17) is 5.14 Å². The lowest BCUT2D eigenvalue weighted by Gasteiger charge is -2.33. The summed E-state index contributed by atoms with van der Waals surface area (Å²) >= 11 is 0. The summed E-state index contributed by atoms with van der Waals surface area (Å²) < 4.78 is 22.6. The Balaban J connectivity index is 1.45. The lowest BCUT2D eigenvalue weighted by atomic mass is 9.95. The van der Waals surface area contributed by atoms with Crippen LogP contribution in [0.15, 0.2) is 29.2 Å². The van der Waals surface area contributed by atoms with Gasteiger partial charge >= 0.3 is 0 Å². The van der Waals surface area contributed by atoms with Crippen LogP contribution < -0.4 is 10.5 Å². The molecule has 0 radical (unpaired) electrons. The monoisotopic (exact) mass is 408 g/mol. The number of sulfonamides is 1. The second kappa shape index (κ2) is 9.02. The molecule has 2 fully saturated rings. The highest BCUT2D eigenvalue weighted by molar-refractivity contribution is 7.89. The van der Waals surface area contributed by atoms with Crippen molar-refractivity contribution in [2.24, 2.45) is 11.1 Å². The second-order valence-corrected chi connectivity index (χ2v) is 9.11. The zero-order valence-corrected chi connectivity index (χ0v) is 16.8. The largest absolute Gasteiger partial charge is 0.342 e. The van der Waals surface area contributed by atoms with E-state index in [1.54, 1.807) is 0 Å². The van der Waals surface area contributed by atoms with Crippen LogP contribution in [0.5, 0.6) is 0 Å². The fourth-order valence-electron chi connectivity index (χ4n) is 3.76. The van der Waals surface area contributed by atoms with Gasteiger partial charge in [0.2, 0.25) is 21.8 Å². The van der Waals surface area contributed by atoms with Crippen molar-refractivity contribution in [3.8, 4) is 0 Å². The number of carbonyl (C=O) groups is 2. The van der Waals surface area contributed by atoms with E-state index in [0.717, 1.165) is 39.0 Å². The molecule has 0 atom stereocenters. The number of primary sulfonamides is 1. The molecule has 2 aliphatic rings. The Hall–Kier alpha value is -1.97. The van der Waals surface area contributed by atoms with E-state index < -0.39 is 10.0 Å². The minimum Gasteiger partial charge on any atom is -0.342 e. The highest BCUT2D eigenvalue weighted by Crippen LogP contribution is 2.21. The Labute approximate surface area is 166 Å². The molecule has 0 spiro atoms. The average molecular weight is 409 g/mol. The quantitative estimate of drug-likeness (QED) is 0.755. The van der Waals surface area contributed by atoms with Crippen molar-refractivity contribution in [3.63, 3.8) is 0 Å². The predicted molar refractivity (Wildman–Crippen MR) is 106 cm³/mol. The van der Waals surface area contributed by atoms with Gasteiger partial charge in [-0.15, -0.1) is 0 Å². The summed E-state index contributed by atoms with van der Waals surface area (Å²) in [5, 5.41) is 7.90. The third kappa shape index (κ3) is 5.52. The molecule has 2 heterocycles. The lowest BCUT2D eigenvalue weighted by Crippen LogP contribution is -2.46. The molecule has 2 amide bonds. The Kier molecular flexibility index (Phi) is 6.69. The van der Waals surface area contributed by atoms with Crippen molar-refractivity contribution in [2.75, 3.05) is 38.0 Å². The summed E-state index contributed by atoms with van der Waals surface area (Å²) in [6.07, 6.45) is 4.79. The summed E-state index contributed by atoms with van der Waals surface area (Å²) in [7, 11) is -3.74. The summed E-state index contributed by atoms with van der Waals surface area (Å²) in [5.41, 5.74) is 0.542. The zero-order chi connectivity index (χ0) is 20.1. The predicted octanol–water partition coefficient (Wildman–Crippen LogP) is 0.997. The Morgan fingerprint density at radius 1 is 1.00 bits per heavy atom. The first-order valence-electron chi connectivity index (χ1n) is 9.77. The number of nitrogens with zero attached hydrogens (tertiary/aromatic N) is 2. The van der Waals surface area contributed by atoms with Gasteiger partial charge in [-0.1, -0.05) is 0 Å². The highest BCUT2D eigenvalue weighted by Gasteiger charge is 2.27. The number of hydrogen-bond acceptors (Lipinski definition) is 5. The fourth-order valence-corrected chi connectivity index (χ4v) is 4.28. The maximum Gasteiger partial charge on any atom is 0.238 e. The molecule has 0 unspecified atom stereocenters. The standard InChI is InChI=1S/C19H28N4O4S/c20-28(26,27)17-6-4-16(5-7-17)21-19(25)15-8-12-22(13-9-15)14-18(24)23-10-2-1-3-11-23/h4-7,15H,1-3,8-14H2,(H,21,25)(H2,20,26,27). The van der Waals surface area contributed by atoms with Crippen molar-refractivity contribution < 1.29 is 18.0 Å². The van der Waals surface area contributed by atoms with Gasteiger partial charge in [0.15, 0.2) is 0 Å². The van der Waals surface area contributed by atoms with Crippen LogP contribution in [0.2, 0.25) is 0 Å². The number of nitrogens with one attached hydrogen (secondary N) is 1. The number of rotatable bonds is 5. The van der Waals surface area contributed by atoms with E-state index in [2.05, 4.69) is 10.2 Å². The van der Waals surface area contributed by atoms with E-state index in [1.165, 1.54) is 30.7 Å². The first-order valence-corrected chi connectivity index (χ1v) is 11.3. The molecule has 3 N–H and O–H groups in total. The van der Waals surface area contributed by atoms with Gasteiger partial charge in [-0.05, 0) is 69.5 Å². The smallest absolute Gasteiger partial charge is 0.238 e. The Morgan fingerprint density at radius 3 is 2.18 bits per heavy atom. The maximum atomic E-state index is 12.5. The average Bonchev–Trinajstić information content (AvgIpc) is 2.69. The van der Waals surface area contributed by atoms with E-state index in [0.29, 0.717) is 25.1 Å². The second-order valence-electron chi connectivity index (χ2n) is 7.55. The van der Waals surface area contributed by atoms with Gasteiger partial charge < -0.3 is 10.2 Å². The molecule has 2 saturated heterocycles. The van der Waals surface area contributed by atoms with Crippen molar-refractivity contribution in [1.82, 2.24) is 9.80 Å². The number of nitrogens with two attached hydrogens (primary N) is 1. The van der Waals surface area contributed by atoms with Gasteiger partial charge in [0.05, 0.1) is 11.4 Å². The first-order chi connectivity index (χ1) is 13.3. The summed E-state index contributed by atoms with van der Waals surface area (Å²) in [5.74, 6) is 0.00201. The summed E-state index contributed by atoms with van der Waals surface area (Å²) in [4.78, 5) is 28.9. The van der Waals surface area contributed by atoms with Gasteiger partial charge in [0.25, 0.3) is 0 Å². The number of likely N-dealkylation sites (tertiary alicyclic amines) is 2. The zero-order valence-electron chi connectivity index (χ0n) is 16.0. The molecule has 1 aromatic rings. The molecule has 0 bridgehead atoms. The Morgan fingerprint density at radius 2 is 1.61 bits per heavy atom. The molecule has 28 heavy (non-hydrogen) atoms. The van der Waals surface area contributed by atoms with E-state index >= 15 is 0 Å². The summed E-state index contributed by atoms with van der Waals surface area (Å²) in [6, 6.07) is 5.81. The van der Waals surface area contributed by atoms with Crippen molar-refractivity contribution in [1.29, 1.82) is 0 Å².